The lowest BCUT2D eigenvalue weighted by atomic mass is 10.0. The highest BCUT2D eigenvalue weighted by atomic mass is 31.2. The summed E-state index contributed by atoms with van der Waals surface area (Å²) in [5.74, 6) is -0.781. The van der Waals surface area contributed by atoms with Crippen molar-refractivity contribution in [3.05, 3.63) is 85.1 Å². The highest BCUT2D eigenvalue weighted by molar-refractivity contribution is 7.47. The van der Waals surface area contributed by atoms with Gasteiger partial charge in [0.05, 0.1) is 27.7 Å². The molecule has 0 aliphatic rings. The molecule has 0 amide bonds. The Kier molecular flexibility index (Phi) is 68.3. The standard InChI is InChI=1S/C80H146NO8P/c1-6-8-10-12-14-16-18-20-22-24-26-28-30-32-34-36-38-39-40-41-43-45-47-49-51-53-55-57-59-61-63-65-67-69-71-73-80(83)89-78(77-88-90(84,85)87-75-74-81(3,4)5)76-86-79(82)72-70-68-66-64-62-60-58-56-54-52-50-48-46-44-42-37-35-33-31-29-27-25-23-21-19-17-15-13-11-9-7-2/h8,10,14,16,20,22,25-28,32,34,38-39,78H,6-7,9,11-13,15,17-19,21,23-24,29-31,33,35-37,40-77H2,1-5H3/p+1/b10-8-,16-14-,22-20-,27-25-,28-26-,34-32-,39-38-. The Labute approximate surface area is 558 Å². The van der Waals surface area contributed by atoms with Crippen molar-refractivity contribution >= 4 is 19.8 Å². The van der Waals surface area contributed by atoms with Crippen LogP contribution in [0.3, 0.4) is 0 Å². The van der Waals surface area contributed by atoms with Crippen molar-refractivity contribution in [2.24, 2.45) is 0 Å². The monoisotopic (exact) mass is 1280 g/mol. The molecule has 524 valence electrons. The fourth-order valence-electron chi connectivity index (χ4n) is 11.1. The molecule has 0 saturated heterocycles. The number of carbonyl (C=O) groups excluding carboxylic acids is 2. The van der Waals surface area contributed by atoms with Gasteiger partial charge >= 0.3 is 19.8 Å². The SMILES string of the molecule is CC/C=C\C/C=C\C/C=C\C/C=C\C/C=C\C/C=C\CCCCCCCCCCCCCCCCCCC(=O)OC(COC(=O)CCCCCCCCCCCCCCCCCCCCC/C=C\CCCCCCCCCC)COP(=O)(O)OCC[N+](C)(C)C. The van der Waals surface area contributed by atoms with Gasteiger partial charge in [-0.1, -0.05) is 343 Å². The fourth-order valence-corrected chi connectivity index (χ4v) is 11.8. The molecular formula is C80H147NO8P+. The van der Waals surface area contributed by atoms with Crippen LogP contribution in [0.5, 0.6) is 0 Å². The molecule has 0 aliphatic carbocycles. The van der Waals surface area contributed by atoms with Crippen molar-refractivity contribution in [3.63, 3.8) is 0 Å². The van der Waals surface area contributed by atoms with Gasteiger partial charge in [-0.25, -0.2) is 4.57 Å². The summed E-state index contributed by atoms with van der Waals surface area (Å²) in [5, 5.41) is 0. The van der Waals surface area contributed by atoms with E-state index in [0.29, 0.717) is 23.9 Å². The van der Waals surface area contributed by atoms with E-state index in [1.54, 1.807) is 0 Å². The van der Waals surface area contributed by atoms with Gasteiger partial charge in [0.2, 0.25) is 0 Å². The molecule has 0 bridgehead atoms. The summed E-state index contributed by atoms with van der Waals surface area (Å²) in [7, 11) is 1.49. The Morgan fingerprint density at radius 1 is 0.356 bits per heavy atom. The smallest absolute Gasteiger partial charge is 0.462 e. The molecular weight excluding hydrogens is 1130 g/mol. The van der Waals surface area contributed by atoms with E-state index in [4.69, 9.17) is 18.5 Å². The molecule has 0 fully saturated rings. The lowest BCUT2D eigenvalue weighted by Crippen LogP contribution is -2.37. The van der Waals surface area contributed by atoms with Gasteiger partial charge in [0.25, 0.3) is 0 Å². The second kappa shape index (κ2) is 70.5. The van der Waals surface area contributed by atoms with Gasteiger partial charge < -0.3 is 18.9 Å². The molecule has 9 nitrogen and oxygen atoms in total. The Hall–Kier alpha value is -2.81. The number of nitrogens with zero attached hydrogens (tertiary/aromatic N) is 1. The quantitative estimate of drug-likeness (QED) is 0.0211. The molecule has 0 aromatic heterocycles. The van der Waals surface area contributed by atoms with Crippen LogP contribution in [0.2, 0.25) is 0 Å². The normalized spacial score (nSPS) is 13.5. The zero-order chi connectivity index (χ0) is 65.5. The second-order valence-corrected chi connectivity index (χ2v) is 28.5. The van der Waals surface area contributed by atoms with E-state index in [0.717, 1.165) is 70.6 Å². The summed E-state index contributed by atoms with van der Waals surface area (Å²) >= 11 is 0. The van der Waals surface area contributed by atoms with Crippen LogP contribution in [-0.2, 0) is 32.7 Å². The third-order valence-corrected chi connectivity index (χ3v) is 17.9. The number of quaternary nitrogens is 1. The minimum Gasteiger partial charge on any atom is -0.462 e. The van der Waals surface area contributed by atoms with Gasteiger partial charge in [-0.05, 0) is 89.9 Å². The third kappa shape index (κ3) is 74.2. The number of carbonyl (C=O) groups is 2. The molecule has 90 heavy (non-hydrogen) atoms. The molecule has 0 rings (SSSR count). The number of unbranched alkanes of at least 4 members (excludes halogenated alkanes) is 43. The lowest BCUT2D eigenvalue weighted by Gasteiger charge is -2.24. The number of ether oxygens (including phenoxy) is 2. The van der Waals surface area contributed by atoms with E-state index in [-0.39, 0.29) is 25.6 Å². The highest BCUT2D eigenvalue weighted by Crippen LogP contribution is 2.43. The van der Waals surface area contributed by atoms with Crippen LogP contribution >= 0.6 is 7.82 Å². The maximum absolute atomic E-state index is 12.9. The van der Waals surface area contributed by atoms with Crippen LogP contribution in [-0.4, -0.2) is 74.9 Å². The summed E-state index contributed by atoms with van der Waals surface area (Å²) in [6.07, 6.45) is 97.1. The number of hydrogen-bond acceptors (Lipinski definition) is 7. The first-order valence-corrected chi connectivity index (χ1v) is 39.8. The van der Waals surface area contributed by atoms with Crippen LogP contribution in [0.25, 0.3) is 0 Å². The van der Waals surface area contributed by atoms with Crippen molar-refractivity contribution < 1.29 is 42.1 Å². The molecule has 2 atom stereocenters. The minimum absolute atomic E-state index is 0.0316. The maximum atomic E-state index is 12.9. The molecule has 0 heterocycles. The number of allylic oxidation sites excluding steroid dienone is 14. The van der Waals surface area contributed by atoms with E-state index in [1.807, 2.05) is 21.1 Å². The molecule has 0 saturated carbocycles. The Bertz CT molecular complexity index is 1800. The van der Waals surface area contributed by atoms with Gasteiger partial charge in [0.1, 0.15) is 19.8 Å². The minimum atomic E-state index is -4.40. The van der Waals surface area contributed by atoms with Gasteiger partial charge in [-0.2, -0.15) is 0 Å². The third-order valence-electron chi connectivity index (χ3n) is 16.9. The summed E-state index contributed by atoms with van der Waals surface area (Å²) in [6, 6.07) is 0. The zero-order valence-electron chi connectivity index (χ0n) is 59.9. The summed E-state index contributed by atoms with van der Waals surface area (Å²) < 4.78 is 34.8. The van der Waals surface area contributed by atoms with Crippen molar-refractivity contribution in [3.8, 4) is 0 Å². The van der Waals surface area contributed by atoms with Crippen LogP contribution in [0.4, 0.5) is 0 Å². The summed E-state index contributed by atoms with van der Waals surface area (Å²) in [5.41, 5.74) is 0. The molecule has 0 aromatic carbocycles. The van der Waals surface area contributed by atoms with Crippen molar-refractivity contribution in [2.75, 3.05) is 47.5 Å². The van der Waals surface area contributed by atoms with E-state index < -0.39 is 26.5 Å². The van der Waals surface area contributed by atoms with E-state index in [2.05, 4.69) is 98.9 Å². The molecule has 0 radical (unpaired) electrons. The fraction of sp³-hybridized carbons (Fsp3) is 0.800. The number of phosphoric ester groups is 1. The number of hydrogen-bond donors (Lipinski definition) is 1. The number of likely N-dealkylation sites (N-methyl/N-ethyl adjacent to an activating group) is 1. The van der Waals surface area contributed by atoms with Gasteiger partial charge in [0, 0.05) is 12.8 Å². The number of phosphoric acid groups is 1. The predicted molar refractivity (Wildman–Crippen MR) is 390 cm³/mol. The maximum Gasteiger partial charge on any atom is 0.472 e. The topological polar surface area (TPSA) is 108 Å². The summed E-state index contributed by atoms with van der Waals surface area (Å²) in [6.45, 7) is 4.37. The first-order chi connectivity index (χ1) is 44.0. The van der Waals surface area contributed by atoms with Crippen molar-refractivity contribution in [2.45, 2.75) is 367 Å². The number of rotatable bonds is 71. The average molecular weight is 1280 g/mol. The molecule has 0 aliphatic heterocycles. The van der Waals surface area contributed by atoms with Crippen molar-refractivity contribution in [1.29, 1.82) is 0 Å². The van der Waals surface area contributed by atoms with Gasteiger partial charge in [0.15, 0.2) is 6.10 Å². The van der Waals surface area contributed by atoms with Gasteiger partial charge in [-0.3, -0.25) is 18.6 Å². The van der Waals surface area contributed by atoms with Crippen LogP contribution < -0.4 is 0 Å². The zero-order valence-corrected chi connectivity index (χ0v) is 60.8. The molecule has 0 aromatic rings. The molecule has 1 N–H and O–H groups in total. The average Bonchev–Trinajstić information content (AvgIpc) is 3.61. The van der Waals surface area contributed by atoms with E-state index in [1.165, 1.54) is 257 Å². The highest BCUT2D eigenvalue weighted by Gasteiger charge is 2.27. The van der Waals surface area contributed by atoms with Crippen LogP contribution in [0, 0.1) is 0 Å². The second-order valence-electron chi connectivity index (χ2n) is 27.0. The van der Waals surface area contributed by atoms with Crippen molar-refractivity contribution in [1.82, 2.24) is 0 Å². The first kappa shape index (κ1) is 87.2. The molecule has 10 heteroatoms. The predicted octanol–water partition coefficient (Wildman–Crippen LogP) is 25.3. The molecule has 0 spiro atoms. The molecule has 2 unspecified atom stereocenters. The van der Waals surface area contributed by atoms with E-state index >= 15 is 0 Å². The van der Waals surface area contributed by atoms with Crippen LogP contribution in [0.1, 0.15) is 361 Å². The Morgan fingerprint density at radius 2 is 0.633 bits per heavy atom. The Morgan fingerprint density at radius 3 is 0.956 bits per heavy atom. The number of esters is 2. The van der Waals surface area contributed by atoms with E-state index in [9.17, 15) is 19.0 Å². The van der Waals surface area contributed by atoms with Gasteiger partial charge in [-0.15, -0.1) is 0 Å². The first-order valence-electron chi connectivity index (χ1n) is 38.3. The lowest BCUT2D eigenvalue weighted by molar-refractivity contribution is -0.870. The largest absolute Gasteiger partial charge is 0.472 e. The Balaban J connectivity index is 3.98. The summed E-state index contributed by atoms with van der Waals surface area (Å²) in [4.78, 5) is 36.0. The van der Waals surface area contributed by atoms with Crippen LogP contribution in [0.15, 0.2) is 85.1 Å².